The van der Waals surface area contributed by atoms with Crippen LogP contribution in [-0.2, 0) is 9.47 Å². The highest BCUT2D eigenvalue weighted by Crippen LogP contribution is 2.61. The maximum Gasteiger partial charge on any atom is 0.214 e. The summed E-state index contributed by atoms with van der Waals surface area (Å²) in [6, 6.07) is 5.81. The largest absolute Gasteiger partial charge is 0.448 e. The lowest BCUT2D eigenvalue weighted by Crippen LogP contribution is -2.73. The van der Waals surface area contributed by atoms with E-state index in [1.165, 1.54) is 0 Å². The van der Waals surface area contributed by atoms with E-state index in [4.69, 9.17) is 14.9 Å². The molecule has 3 fully saturated rings. The Morgan fingerprint density at radius 3 is 2.11 bits per heavy atom. The van der Waals surface area contributed by atoms with Crippen LogP contribution in [-0.4, -0.2) is 17.8 Å². The van der Waals surface area contributed by atoms with Gasteiger partial charge < -0.3 is 9.47 Å². The molecule has 0 radical (unpaired) electrons. The summed E-state index contributed by atoms with van der Waals surface area (Å²) < 4.78 is 11.0. The van der Waals surface area contributed by atoms with E-state index in [0.717, 1.165) is 0 Å². The first-order valence-corrected chi connectivity index (χ1v) is 5.54. The zero-order valence-electron chi connectivity index (χ0n) is 10.3. The number of ether oxygens (including phenoxy) is 2. The molecule has 0 saturated carbocycles. The Hall–Kier alpha value is -2.10. The van der Waals surface area contributed by atoms with Crippen molar-refractivity contribution < 1.29 is 9.47 Å². The molecule has 4 atom stereocenters. The second-order valence-electron chi connectivity index (χ2n) is 4.88. The van der Waals surface area contributed by atoms with Crippen LogP contribution in [0, 0.1) is 56.2 Å². The zero-order valence-corrected chi connectivity index (χ0v) is 10.3. The number of nitrogens with zero attached hydrogens (tertiary/aromatic N) is 3. The molecular weight excluding hydrogens is 232 g/mol. The van der Waals surface area contributed by atoms with Gasteiger partial charge in [-0.25, -0.2) is 0 Å². The Morgan fingerprint density at radius 2 is 1.72 bits per heavy atom. The van der Waals surface area contributed by atoms with E-state index >= 15 is 0 Å². The van der Waals surface area contributed by atoms with Crippen molar-refractivity contribution in [3.8, 4) is 18.2 Å². The van der Waals surface area contributed by atoms with Crippen LogP contribution in [0.1, 0.15) is 20.8 Å². The topological polar surface area (TPSA) is 114 Å². The quantitative estimate of drug-likeness (QED) is 0.689. The molecule has 0 unspecified atom stereocenters. The molecule has 0 aromatic carbocycles. The summed E-state index contributed by atoms with van der Waals surface area (Å²) in [5, 5.41) is 36.3. The van der Waals surface area contributed by atoms with E-state index in [1.54, 1.807) is 20.8 Å². The van der Waals surface area contributed by atoms with Gasteiger partial charge >= 0.3 is 0 Å². The van der Waals surface area contributed by atoms with E-state index in [9.17, 15) is 15.8 Å². The molecule has 1 N–H and O–H groups in total. The first-order valence-electron chi connectivity index (χ1n) is 5.54. The Bertz CT molecular complexity index is 538. The monoisotopic (exact) mass is 244 g/mol. The molecular formula is C12H12N4O2. The number of hydrogen-bond acceptors (Lipinski definition) is 6. The lowest BCUT2D eigenvalue weighted by atomic mass is 9.52. The Morgan fingerprint density at radius 1 is 1.17 bits per heavy atom. The van der Waals surface area contributed by atoms with Gasteiger partial charge in [0, 0.05) is 6.92 Å². The van der Waals surface area contributed by atoms with Crippen molar-refractivity contribution in [1.82, 2.24) is 0 Å². The standard InChI is InChI=1S/C12H12N4O2/c1-7-10(3)17-8(2)12(6-15,9(16)18-10)11(7,4-13)5-14/h7-8,16H,1-3H3/t7-,8+,10-,12-/m0/s1. The molecule has 0 amide bonds. The number of nitriles is 3. The van der Waals surface area contributed by atoms with Gasteiger partial charge in [0.2, 0.25) is 11.7 Å². The van der Waals surface area contributed by atoms with Crippen LogP contribution in [0.5, 0.6) is 0 Å². The molecule has 3 aliphatic heterocycles. The van der Waals surface area contributed by atoms with E-state index in [2.05, 4.69) is 0 Å². The highest BCUT2D eigenvalue weighted by molar-refractivity contribution is 5.88. The second kappa shape index (κ2) is 3.22. The number of nitrogens with one attached hydrogen (secondary N) is 1. The van der Waals surface area contributed by atoms with E-state index in [1.807, 2.05) is 18.2 Å². The van der Waals surface area contributed by atoms with Gasteiger partial charge in [0.15, 0.2) is 10.8 Å². The van der Waals surface area contributed by atoms with Gasteiger partial charge in [-0.15, -0.1) is 0 Å². The predicted molar refractivity (Wildman–Crippen MR) is 58.6 cm³/mol. The Kier molecular flexibility index (Phi) is 2.21. The van der Waals surface area contributed by atoms with Gasteiger partial charge in [-0.3, -0.25) is 5.41 Å². The van der Waals surface area contributed by atoms with Gasteiger partial charge in [0.1, 0.15) is 0 Å². The fourth-order valence-corrected chi connectivity index (χ4v) is 2.98. The molecule has 92 valence electrons. The van der Waals surface area contributed by atoms with Gasteiger partial charge in [0.05, 0.1) is 30.2 Å². The lowest BCUT2D eigenvalue weighted by molar-refractivity contribution is -0.331. The summed E-state index contributed by atoms with van der Waals surface area (Å²) in [5.41, 5.74) is -3.31. The lowest BCUT2D eigenvalue weighted by Gasteiger charge is -2.60. The third-order valence-electron chi connectivity index (χ3n) is 4.27. The summed E-state index contributed by atoms with van der Waals surface area (Å²) in [5.74, 6) is -2.21. The summed E-state index contributed by atoms with van der Waals surface area (Å²) in [6.45, 7) is 4.82. The Balaban J connectivity index is 2.82. The first-order chi connectivity index (χ1) is 8.34. The fraction of sp³-hybridized carbons (Fsp3) is 0.667. The summed E-state index contributed by atoms with van der Waals surface area (Å²) >= 11 is 0. The molecule has 18 heavy (non-hydrogen) atoms. The third kappa shape index (κ3) is 0.929. The number of hydrogen-bond donors (Lipinski definition) is 1. The van der Waals surface area contributed by atoms with Crippen LogP contribution < -0.4 is 0 Å². The number of rotatable bonds is 0. The van der Waals surface area contributed by atoms with Gasteiger partial charge in [-0.2, -0.15) is 15.8 Å². The maximum absolute atomic E-state index is 9.45. The number of fused-ring (bicyclic) bond motifs is 3. The van der Waals surface area contributed by atoms with Crippen LogP contribution in [0.15, 0.2) is 0 Å². The summed E-state index contributed by atoms with van der Waals surface area (Å²) in [6.07, 6.45) is -0.746. The minimum atomic E-state index is -1.67. The SMILES string of the molecule is C[C@@H]1C(C#N)(C#N)[C@]2(C#N)C(=N)O[C@]1(C)O[C@@H]2C. The normalized spacial score (nSPS) is 44.3. The summed E-state index contributed by atoms with van der Waals surface area (Å²) in [7, 11) is 0. The van der Waals surface area contributed by atoms with Crippen molar-refractivity contribution in [3.05, 3.63) is 0 Å². The van der Waals surface area contributed by atoms with Crippen molar-refractivity contribution in [2.24, 2.45) is 16.7 Å². The zero-order chi connectivity index (χ0) is 13.8. The van der Waals surface area contributed by atoms with Crippen molar-refractivity contribution in [2.45, 2.75) is 32.7 Å². The Labute approximate surface area is 105 Å². The van der Waals surface area contributed by atoms with E-state index in [0.29, 0.717) is 0 Å². The minimum absolute atomic E-state index is 0.354. The third-order valence-corrected chi connectivity index (χ3v) is 4.27. The fourth-order valence-electron chi connectivity index (χ4n) is 2.98. The van der Waals surface area contributed by atoms with Gasteiger partial charge in [-0.1, -0.05) is 6.92 Å². The molecule has 0 spiro atoms. The molecule has 0 aromatic rings. The highest BCUT2D eigenvalue weighted by Gasteiger charge is 2.76. The van der Waals surface area contributed by atoms with E-state index < -0.39 is 28.6 Å². The minimum Gasteiger partial charge on any atom is -0.448 e. The van der Waals surface area contributed by atoms with Gasteiger partial charge in [-0.05, 0) is 6.92 Å². The van der Waals surface area contributed by atoms with Crippen LogP contribution in [0.25, 0.3) is 0 Å². The van der Waals surface area contributed by atoms with Crippen molar-refractivity contribution in [2.75, 3.05) is 0 Å². The van der Waals surface area contributed by atoms with Crippen molar-refractivity contribution in [1.29, 1.82) is 21.2 Å². The van der Waals surface area contributed by atoms with Gasteiger partial charge in [0.25, 0.3) is 0 Å². The van der Waals surface area contributed by atoms with Crippen LogP contribution in [0.4, 0.5) is 0 Å². The first kappa shape index (κ1) is 12.4. The van der Waals surface area contributed by atoms with Crippen molar-refractivity contribution >= 4 is 5.90 Å². The van der Waals surface area contributed by atoms with Crippen LogP contribution in [0.2, 0.25) is 0 Å². The molecule has 3 heterocycles. The second-order valence-corrected chi connectivity index (χ2v) is 4.88. The molecule has 3 rings (SSSR count). The molecule has 0 aliphatic carbocycles. The van der Waals surface area contributed by atoms with Crippen molar-refractivity contribution in [3.63, 3.8) is 0 Å². The molecule has 3 aliphatic rings. The molecule has 0 aromatic heterocycles. The predicted octanol–water partition coefficient (Wildman–Crippen LogP) is 1.31. The highest BCUT2D eigenvalue weighted by atomic mass is 16.7. The van der Waals surface area contributed by atoms with Crippen LogP contribution in [0.3, 0.4) is 0 Å². The van der Waals surface area contributed by atoms with E-state index in [-0.39, 0.29) is 5.90 Å². The molecule has 3 saturated heterocycles. The summed E-state index contributed by atoms with van der Waals surface area (Å²) in [4.78, 5) is 0. The maximum atomic E-state index is 9.45. The molecule has 6 nitrogen and oxygen atoms in total. The molecule has 6 heteroatoms. The molecule has 2 bridgehead atoms. The average Bonchev–Trinajstić information content (AvgIpc) is 2.32. The van der Waals surface area contributed by atoms with Crippen LogP contribution >= 0.6 is 0 Å². The average molecular weight is 244 g/mol. The smallest absolute Gasteiger partial charge is 0.214 e.